The van der Waals surface area contributed by atoms with Crippen molar-refractivity contribution < 1.29 is 14.3 Å². The lowest BCUT2D eigenvalue weighted by molar-refractivity contribution is -0.152. The van der Waals surface area contributed by atoms with Crippen LogP contribution < -0.4 is 5.32 Å². The fourth-order valence-electron chi connectivity index (χ4n) is 2.92. The second kappa shape index (κ2) is 9.85. The Morgan fingerprint density at radius 1 is 1.37 bits per heavy atom. The van der Waals surface area contributed by atoms with Gasteiger partial charge in [0.1, 0.15) is 16.2 Å². The molecule has 0 aromatic carbocycles. The SMILES string of the molecule is C[C@@H](OC(=O)CSc1ncnc2sccc12)C(=O)NCCC1=CCCCC1. The Labute approximate surface area is 166 Å². The van der Waals surface area contributed by atoms with E-state index in [1.165, 1.54) is 47.8 Å². The Morgan fingerprint density at radius 2 is 2.26 bits per heavy atom. The van der Waals surface area contributed by atoms with Gasteiger partial charge in [-0.3, -0.25) is 9.59 Å². The first-order valence-corrected chi connectivity index (χ1v) is 11.0. The number of esters is 1. The standard InChI is InChI=1S/C19H23N3O3S2/c1-13(17(24)20-9-7-14-5-3-2-4-6-14)25-16(23)11-27-19-15-8-10-26-18(15)21-12-22-19/h5,8,10,12-13H,2-4,6-7,9,11H2,1H3,(H,20,24)/t13-/m1/s1. The van der Waals surface area contributed by atoms with Gasteiger partial charge in [0, 0.05) is 11.9 Å². The molecule has 0 saturated carbocycles. The zero-order chi connectivity index (χ0) is 19.1. The van der Waals surface area contributed by atoms with Gasteiger partial charge in [0.2, 0.25) is 0 Å². The third kappa shape index (κ3) is 5.77. The minimum atomic E-state index is -0.801. The maximum Gasteiger partial charge on any atom is 0.317 e. The molecule has 0 unspecified atom stereocenters. The minimum absolute atomic E-state index is 0.104. The van der Waals surface area contributed by atoms with Crippen LogP contribution in [0.15, 0.2) is 34.4 Å². The van der Waals surface area contributed by atoms with Crippen molar-refractivity contribution >= 4 is 45.2 Å². The van der Waals surface area contributed by atoms with E-state index in [0.717, 1.165) is 34.5 Å². The van der Waals surface area contributed by atoms with Crippen molar-refractivity contribution in [3.63, 3.8) is 0 Å². The lowest BCUT2D eigenvalue weighted by atomic mass is 9.97. The summed E-state index contributed by atoms with van der Waals surface area (Å²) < 4.78 is 5.24. The number of hydrogen-bond donors (Lipinski definition) is 1. The molecule has 1 atom stereocenters. The Kier molecular flexibility index (Phi) is 7.23. The number of carbonyl (C=O) groups excluding carboxylic acids is 2. The number of nitrogens with zero attached hydrogens (tertiary/aromatic N) is 2. The molecule has 0 fully saturated rings. The Bertz CT molecular complexity index is 834. The maximum atomic E-state index is 12.1. The third-order valence-corrected chi connectivity index (χ3v) is 6.16. The summed E-state index contributed by atoms with van der Waals surface area (Å²) in [5, 5.41) is 6.47. The molecule has 2 aromatic heterocycles. The third-order valence-electron chi connectivity index (χ3n) is 4.36. The molecule has 0 spiro atoms. The van der Waals surface area contributed by atoms with E-state index in [1.54, 1.807) is 6.92 Å². The normalized spacial score (nSPS) is 15.2. The predicted molar refractivity (Wildman–Crippen MR) is 108 cm³/mol. The smallest absolute Gasteiger partial charge is 0.317 e. The van der Waals surface area contributed by atoms with E-state index in [9.17, 15) is 9.59 Å². The number of carbonyl (C=O) groups is 2. The van der Waals surface area contributed by atoms with Crippen LogP contribution in [0.1, 0.15) is 39.0 Å². The van der Waals surface area contributed by atoms with Crippen molar-refractivity contribution in [3.05, 3.63) is 29.4 Å². The number of fused-ring (bicyclic) bond motifs is 1. The van der Waals surface area contributed by atoms with Crippen LogP contribution in [0, 0.1) is 0 Å². The number of ether oxygens (including phenoxy) is 1. The summed E-state index contributed by atoms with van der Waals surface area (Å²) in [6.07, 6.45) is 8.58. The molecule has 2 aromatic rings. The number of hydrogen-bond acceptors (Lipinski definition) is 7. The molecule has 8 heteroatoms. The monoisotopic (exact) mass is 405 g/mol. The topological polar surface area (TPSA) is 81.2 Å². The average Bonchev–Trinajstić information content (AvgIpc) is 3.16. The van der Waals surface area contributed by atoms with Gasteiger partial charge in [-0.1, -0.05) is 23.4 Å². The summed E-state index contributed by atoms with van der Waals surface area (Å²) in [5.74, 6) is -0.585. The predicted octanol–water partition coefficient (Wildman–Crippen LogP) is 3.72. The van der Waals surface area contributed by atoms with Gasteiger partial charge in [0.15, 0.2) is 6.10 Å². The van der Waals surface area contributed by atoms with Crippen LogP contribution in [0.3, 0.4) is 0 Å². The Morgan fingerprint density at radius 3 is 3.07 bits per heavy atom. The van der Waals surface area contributed by atoms with E-state index in [0.29, 0.717) is 6.54 Å². The fraction of sp³-hybridized carbons (Fsp3) is 0.474. The van der Waals surface area contributed by atoms with Gasteiger partial charge in [0.05, 0.1) is 5.75 Å². The fourth-order valence-corrected chi connectivity index (χ4v) is 4.48. The maximum absolute atomic E-state index is 12.1. The number of thiophene rings is 1. The molecular weight excluding hydrogens is 382 g/mol. The molecule has 1 N–H and O–H groups in total. The first-order chi connectivity index (χ1) is 13.1. The van der Waals surface area contributed by atoms with Gasteiger partial charge in [0.25, 0.3) is 5.91 Å². The molecule has 0 aliphatic heterocycles. The van der Waals surface area contributed by atoms with Crippen molar-refractivity contribution in [2.75, 3.05) is 12.3 Å². The molecular formula is C19H23N3O3S2. The van der Waals surface area contributed by atoms with Gasteiger partial charge >= 0.3 is 5.97 Å². The van der Waals surface area contributed by atoms with Crippen LogP contribution in [-0.4, -0.2) is 40.2 Å². The summed E-state index contributed by atoms with van der Waals surface area (Å²) in [4.78, 5) is 33.4. The molecule has 1 aliphatic carbocycles. The van der Waals surface area contributed by atoms with E-state index in [-0.39, 0.29) is 11.7 Å². The van der Waals surface area contributed by atoms with Crippen molar-refractivity contribution in [3.8, 4) is 0 Å². The van der Waals surface area contributed by atoms with Crippen molar-refractivity contribution in [1.82, 2.24) is 15.3 Å². The van der Waals surface area contributed by atoms with Gasteiger partial charge < -0.3 is 10.1 Å². The summed E-state index contributed by atoms with van der Waals surface area (Å²) in [7, 11) is 0. The molecule has 1 aliphatic rings. The highest BCUT2D eigenvalue weighted by atomic mass is 32.2. The van der Waals surface area contributed by atoms with Crippen molar-refractivity contribution in [2.24, 2.45) is 0 Å². The molecule has 144 valence electrons. The molecule has 6 nitrogen and oxygen atoms in total. The second-order valence-corrected chi connectivity index (χ2v) is 8.25. The number of allylic oxidation sites excluding steroid dienone is 1. The van der Waals surface area contributed by atoms with Crippen LogP contribution >= 0.6 is 23.1 Å². The van der Waals surface area contributed by atoms with Gasteiger partial charge in [-0.2, -0.15) is 0 Å². The minimum Gasteiger partial charge on any atom is -0.452 e. The first kappa shape index (κ1) is 19.8. The number of aromatic nitrogens is 2. The Balaban J connectivity index is 1.39. The molecule has 1 amide bonds. The van der Waals surface area contributed by atoms with Gasteiger partial charge in [-0.25, -0.2) is 9.97 Å². The summed E-state index contributed by atoms with van der Waals surface area (Å²) >= 11 is 2.83. The largest absolute Gasteiger partial charge is 0.452 e. The highest BCUT2D eigenvalue weighted by Gasteiger charge is 2.18. The van der Waals surface area contributed by atoms with Crippen LogP contribution in [0.4, 0.5) is 0 Å². The van der Waals surface area contributed by atoms with E-state index < -0.39 is 12.1 Å². The molecule has 27 heavy (non-hydrogen) atoms. The van der Waals surface area contributed by atoms with E-state index in [4.69, 9.17) is 4.74 Å². The van der Waals surface area contributed by atoms with E-state index in [1.807, 2.05) is 11.4 Å². The second-order valence-electron chi connectivity index (χ2n) is 6.39. The van der Waals surface area contributed by atoms with Gasteiger partial charge in [-0.15, -0.1) is 11.3 Å². The van der Waals surface area contributed by atoms with Crippen LogP contribution in [0.2, 0.25) is 0 Å². The van der Waals surface area contributed by atoms with Gasteiger partial charge in [-0.05, 0) is 50.5 Å². The summed E-state index contributed by atoms with van der Waals surface area (Å²) in [5.41, 5.74) is 1.41. The zero-order valence-corrected chi connectivity index (χ0v) is 16.9. The van der Waals surface area contributed by atoms with Crippen molar-refractivity contribution in [2.45, 2.75) is 50.2 Å². The Hall–Kier alpha value is -1.93. The van der Waals surface area contributed by atoms with E-state index in [2.05, 4.69) is 21.4 Å². The lowest BCUT2D eigenvalue weighted by Gasteiger charge is -2.15. The van der Waals surface area contributed by atoms with Crippen LogP contribution in [0.5, 0.6) is 0 Å². The molecule has 3 rings (SSSR count). The first-order valence-electron chi connectivity index (χ1n) is 9.09. The molecule has 0 bridgehead atoms. The quantitative estimate of drug-likeness (QED) is 0.312. The summed E-state index contributed by atoms with van der Waals surface area (Å²) in [6, 6.07) is 1.94. The average molecular weight is 406 g/mol. The number of thioether (sulfide) groups is 1. The van der Waals surface area contributed by atoms with E-state index >= 15 is 0 Å². The van der Waals surface area contributed by atoms with Crippen LogP contribution in [-0.2, 0) is 14.3 Å². The van der Waals surface area contributed by atoms with Crippen molar-refractivity contribution in [1.29, 1.82) is 0 Å². The number of amides is 1. The molecule has 0 radical (unpaired) electrons. The zero-order valence-electron chi connectivity index (χ0n) is 15.3. The number of nitrogens with one attached hydrogen (secondary N) is 1. The lowest BCUT2D eigenvalue weighted by Crippen LogP contribution is -2.36. The summed E-state index contributed by atoms with van der Waals surface area (Å²) in [6.45, 7) is 2.18. The van der Waals surface area contributed by atoms with Crippen LogP contribution in [0.25, 0.3) is 10.2 Å². The molecule has 0 saturated heterocycles. The highest BCUT2D eigenvalue weighted by Crippen LogP contribution is 2.27. The number of rotatable bonds is 8. The molecule has 2 heterocycles. The highest BCUT2D eigenvalue weighted by molar-refractivity contribution is 8.00.